The zero-order chi connectivity index (χ0) is 13.7. The summed E-state index contributed by atoms with van der Waals surface area (Å²) in [5, 5.41) is 3.71. The Kier molecular flexibility index (Phi) is 5.95. The highest BCUT2D eigenvalue weighted by atomic mass is 35.5. The minimum atomic E-state index is -0.475. The molecule has 18 heavy (non-hydrogen) atoms. The number of hydrogen-bond donors (Lipinski definition) is 1. The molecule has 2 unspecified atom stereocenters. The molecule has 1 rings (SSSR count). The summed E-state index contributed by atoms with van der Waals surface area (Å²) < 4.78 is 13.4. The summed E-state index contributed by atoms with van der Waals surface area (Å²) in [7, 11) is 0. The maximum Gasteiger partial charge on any atom is 0.142 e. The molecular formula is C14H16Cl2FN. The van der Waals surface area contributed by atoms with E-state index in [9.17, 15) is 4.39 Å². The Hall–Kier alpha value is -0.750. The van der Waals surface area contributed by atoms with Gasteiger partial charge in [-0.25, -0.2) is 4.39 Å². The van der Waals surface area contributed by atoms with Crippen LogP contribution in [0.25, 0.3) is 0 Å². The first-order chi connectivity index (χ1) is 8.51. The molecule has 0 aliphatic carbocycles. The Morgan fingerprint density at radius 3 is 2.67 bits per heavy atom. The van der Waals surface area contributed by atoms with Gasteiger partial charge in [-0.3, -0.25) is 5.32 Å². The fraction of sp³-hybridized carbons (Fsp3) is 0.429. The van der Waals surface area contributed by atoms with Gasteiger partial charge in [-0.05, 0) is 25.5 Å². The highest BCUT2D eigenvalue weighted by molar-refractivity contribution is 6.36. The van der Waals surface area contributed by atoms with Crippen LogP contribution in [0.4, 0.5) is 4.39 Å². The average molecular weight is 288 g/mol. The zero-order valence-corrected chi connectivity index (χ0v) is 11.9. The number of terminal acetylenes is 1. The lowest BCUT2D eigenvalue weighted by molar-refractivity contribution is 0.493. The van der Waals surface area contributed by atoms with Gasteiger partial charge in [0.05, 0.1) is 11.1 Å². The van der Waals surface area contributed by atoms with Gasteiger partial charge in [0.25, 0.3) is 0 Å². The van der Waals surface area contributed by atoms with Crippen molar-refractivity contribution in [1.29, 1.82) is 0 Å². The lowest BCUT2D eigenvalue weighted by atomic mass is 10.1. The number of benzene rings is 1. The summed E-state index contributed by atoms with van der Waals surface area (Å²) in [4.78, 5) is 0. The van der Waals surface area contributed by atoms with Crippen molar-refractivity contribution < 1.29 is 4.39 Å². The molecule has 1 nitrogen and oxygen atoms in total. The molecule has 1 aromatic carbocycles. The van der Waals surface area contributed by atoms with Gasteiger partial charge in [0.2, 0.25) is 0 Å². The summed E-state index contributed by atoms with van der Waals surface area (Å²) in [6.07, 6.45) is 7.26. The summed E-state index contributed by atoms with van der Waals surface area (Å²) in [5.74, 6) is 2.19. The standard InChI is InChI=1S/C14H16Cl2FN/c1-4-6-10(5-2)18-9(3)13-11(15)7-8-12(17)14(13)16/h2,7-10,18H,4,6H2,1,3H3. The fourth-order valence-corrected chi connectivity index (χ4v) is 2.53. The molecule has 0 fully saturated rings. The third kappa shape index (κ3) is 3.62. The maximum atomic E-state index is 13.4. The predicted octanol–water partition coefficient (Wildman–Crippen LogP) is 4.59. The van der Waals surface area contributed by atoms with E-state index in [1.54, 1.807) is 0 Å². The molecule has 0 aliphatic heterocycles. The molecule has 0 amide bonds. The van der Waals surface area contributed by atoms with Crippen molar-refractivity contribution in [1.82, 2.24) is 5.32 Å². The van der Waals surface area contributed by atoms with Crippen molar-refractivity contribution in [3.05, 3.63) is 33.6 Å². The van der Waals surface area contributed by atoms with Crippen LogP contribution in [-0.4, -0.2) is 6.04 Å². The largest absolute Gasteiger partial charge is 0.297 e. The van der Waals surface area contributed by atoms with Crippen molar-refractivity contribution >= 4 is 23.2 Å². The zero-order valence-electron chi connectivity index (χ0n) is 10.4. The Bertz CT molecular complexity index is 454. The van der Waals surface area contributed by atoms with E-state index in [0.717, 1.165) is 12.8 Å². The molecule has 0 saturated heterocycles. The van der Waals surface area contributed by atoms with Gasteiger partial charge in [0.1, 0.15) is 5.82 Å². The van der Waals surface area contributed by atoms with Crippen LogP contribution in [0, 0.1) is 18.2 Å². The first-order valence-corrected chi connectivity index (χ1v) is 6.62. The first kappa shape index (κ1) is 15.3. The topological polar surface area (TPSA) is 12.0 Å². The van der Waals surface area contributed by atoms with Gasteiger partial charge in [0.15, 0.2) is 0 Å². The van der Waals surface area contributed by atoms with Crippen molar-refractivity contribution in [3.63, 3.8) is 0 Å². The van der Waals surface area contributed by atoms with Crippen LogP contribution in [0.3, 0.4) is 0 Å². The average Bonchev–Trinajstić information content (AvgIpc) is 2.34. The molecule has 0 aromatic heterocycles. The summed E-state index contributed by atoms with van der Waals surface area (Å²) in [6, 6.07) is 2.49. The number of halogens is 3. The van der Waals surface area contributed by atoms with Crippen LogP contribution in [0.15, 0.2) is 12.1 Å². The molecule has 0 spiro atoms. The van der Waals surface area contributed by atoms with Gasteiger partial charge < -0.3 is 0 Å². The van der Waals surface area contributed by atoms with Gasteiger partial charge in [-0.15, -0.1) is 6.42 Å². The van der Waals surface area contributed by atoms with E-state index in [1.807, 2.05) is 6.92 Å². The third-order valence-corrected chi connectivity index (χ3v) is 3.46. The number of rotatable bonds is 5. The van der Waals surface area contributed by atoms with Crippen LogP contribution >= 0.6 is 23.2 Å². The smallest absolute Gasteiger partial charge is 0.142 e. The highest BCUT2D eigenvalue weighted by Gasteiger charge is 2.18. The van der Waals surface area contributed by atoms with E-state index in [2.05, 4.69) is 18.2 Å². The van der Waals surface area contributed by atoms with Crippen molar-refractivity contribution in [2.45, 2.75) is 38.8 Å². The monoisotopic (exact) mass is 287 g/mol. The summed E-state index contributed by atoms with van der Waals surface area (Å²) in [6.45, 7) is 3.92. The minimum absolute atomic E-state index is 0.0507. The van der Waals surface area contributed by atoms with E-state index >= 15 is 0 Å². The SMILES string of the molecule is C#CC(CCC)NC(C)c1c(Cl)ccc(F)c1Cl. The fourth-order valence-electron chi connectivity index (χ4n) is 1.83. The molecule has 4 heteroatoms. The quantitative estimate of drug-likeness (QED) is 0.617. The Morgan fingerprint density at radius 2 is 2.11 bits per heavy atom. The molecule has 0 bridgehead atoms. The Balaban J connectivity index is 2.94. The van der Waals surface area contributed by atoms with Crippen LogP contribution < -0.4 is 5.32 Å². The van der Waals surface area contributed by atoms with E-state index < -0.39 is 5.82 Å². The minimum Gasteiger partial charge on any atom is -0.297 e. The Morgan fingerprint density at radius 1 is 1.44 bits per heavy atom. The van der Waals surface area contributed by atoms with Crippen LogP contribution in [-0.2, 0) is 0 Å². The normalized spacial score (nSPS) is 14.0. The van der Waals surface area contributed by atoms with Crippen LogP contribution in [0.1, 0.15) is 38.3 Å². The van der Waals surface area contributed by atoms with Crippen molar-refractivity contribution in [2.75, 3.05) is 0 Å². The second-order valence-corrected chi connectivity index (χ2v) is 4.94. The molecule has 0 saturated carbocycles. The van der Waals surface area contributed by atoms with Gasteiger partial charge >= 0.3 is 0 Å². The lowest BCUT2D eigenvalue weighted by Gasteiger charge is -2.21. The third-order valence-electron chi connectivity index (χ3n) is 2.74. The second kappa shape index (κ2) is 6.99. The first-order valence-electron chi connectivity index (χ1n) is 5.86. The predicted molar refractivity (Wildman–Crippen MR) is 75.5 cm³/mol. The van der Waals surface area contributed by atoms with Crippen LogP contribution in [0.2, 0.25) is 10.0 Å². The highest BCUT2D eigenvalue weighted by Crippen LogP contribution is 2.32. The van der Waals surface area contributed by atoms with Crippen molar-refractivity contribution in [3.8, 4) is 12.3 Å². The van der Waals surface area contributed by atoms with E-state index in [4.69, 9.17) is 29.6 Å². The molecular weight excluding hydrogens is 272 g/mol. The number of nitrogens with one attached hydrogen (secondary N) is 1. The van der Waals surface area contributed by atoms with Gasteiger partial charge in [-0.2, -0.15) is 0 Å². The van der Waals surface area contributed by atoms with Gasteiger partial charge in [0, 0.05) is 16.6 Å². The summed E-state index contributed by atoms with van der Waals surface area (Å²) >= 11 is 12.0. The van der Waals surface area contributed by atoms with E-state index in [1.165, 1.54) is 12.1 Å². The molecule has 98 valence electrons. The van der Waals surface area contributed by atoms with Gasteiger partial charge in [-0.1, -0.05) is 42.5 Å². The van der Waals surface area contributed by atoms with E-state index in [-0.39, 0.29) is 17.1 Å². The maximum absolute atomic E-state index is 13.4. The summed E-state index contributed by atoms with van der Waals surface area (Å²) in [5.41, 5.74) is 0.551. The molecule has 1 aromatic rings. The molecule has 0 heterocycles. The van der Waals surface area contributed by atoms with Crippen molar-refractivity contribution in [2.24, 2.45) is 0 Å². The Labute approximate surface area is 118 Å². The van der Waals surface area contributed by atoms with Crippen LogP contribution in [0.5, 0.6) is 0 Å². The lowest BCUT2D eigenvalue weighted by Crippen LogP contribution is -2.30. The molecule has 1 N–H and O–H groups in total. The molecule has 2 atom stereocenters. The molecule has 0 aliphatic rings. The van der Waals surface area contributed by atoms with E-state index in [0.29, 0.717) is 10.6 Å². The number of hydrogen-bond acceptors (Lipinski definition) is 1. The molecule has 0 radical (unpaired) electrons. The second-order valence-electron chi connectivity index (χ2n) is 4.15.